The lowest BCUT2D eigenvalue weighted by Gasteiger charge is -1.97. The lowest BCUT2D eigenvalue weighted by Crippen LogP contribution is -1.91. The summed E-state index contributed by atoms with van der Waals surface area (Å²) in [4.78, 5) is 4.07. The van der Waals surface area contributed by atoms with E-state index >= 15 is 0 Å². The van der Waals surface area contributed by atoms with Gasteiger partial charge in [-0.05, 0) is 29.8 Å². The Morgan fingerprint density at radius 1 is 1.40 bits per heavy atom. The summed E-state index contributed by atoms with van der Waals surface area (Å²) in [6, 6.07) is 8.51. The van der Waals surface area contributed by atoms with Crippen LogP contribution in [0.1, 0.15) is 36.9 Å². The number of nitrogens with one attached hydrogen (secondary N) is 1. The second kappa shape index (κ2) is 5.89. The predicted octanol–water partition coefficient (Wildman–Crippen LogP) is 2.82. The van der Waals surface area contributed by atoms with Crippen molar-refractivity contribution in [3.8, 4) is 11.8 Å². The molecule has 0 aliphatic rings. The summed E-state index contributed by atoms with van der Waals surface area (Å²) < 4.78 is 5.43. The quantitative estimate of drug-likeness (QED) is 0.658. The minimum absolute atomic E-state index is 0.0960. The van der Waals surface area contributed by atoms with Gasteiger partial charge in [0, 0.05) is 5.92 Å². The van der Waals surface area contributed by atoms with Gasteiger partial charge in [-0.15, -0.1) is 0 Å². The summed E-state index contributed by atoms with van der Waals surface area (Å²) in [6.45, 7) is 3.85. The van der Waals surface area contributed by atoms with Crippen LogP contribution in [-0.4, -0.2) is 16.3 Å². The average molecular weight is 270 g/mol. The maximum atomic E-state index is 9.16. The molecule has 102 valence electrons. The third-order valence-corrected chi connectivity index (χ3v) is 2.52. The largest absolute Gasteiger partial charge is 0.508 e. The minimum Gasteiger partial charge on any atom is -0.508 e. The molecule has 6 heteroatoms. The number of hydrogen-bond donors (Lipinski definition) is 2. The first-order chi connectivity index (χ1) is 9.60. The van der Waals surface area contributed by atoms with Crippen molar-refractivity contribution in [1.82, 2.24) is 4.98 Å². The van der Waals surface area contributed by atoms with Crippen molar-refractivity contribution in [1.29, 1.82) is 5.26 Å². The van der Waals surface area contributed by atoms with Crippen molar-refractivity contribution in [2.75, 3.05) is 5.43 Å². The van der Waals surface area contributed by atoms with Crippen molar-refractivity contribution in [3.05, 3.63) is 41.4 Å². The molecule has 2 aromatic rings. The third-order valence-electron chi connectivity index (χ3n) is 2.52. The Bertz CT molecular complexity index is 651. The van der Waals surface area contributed by atoms with Crippen LogP contribution in [0.3, 0.4) is 0 Å². The van der Waals surface area contributed by atoms with Crippen LogP contribution in [0.4, 0.5) is 5.88 Å². The molecule has 0 aliphatic heterocycles. The van der Waals surface area contributed by atoms with E-state index in [9.17, 15) is 0 Å². The molecule has 0 unspecified atom stereocenters. The van der Waals surface area contributed by atoms with Crippen LogP contribution in [0.15, 0.2) is 33.8 Å². The van der Waals surface area contributed by atoms with Crippen LogP contribution in [0, 0.1) is 11.3 Å². The molecule has 0 radical (unpaired) electrons. The zero-order valence-corrected chi connectivity index (χ0v) is 11.2. The van der Waals surface area contributed by atoms with E-state index in [0.717, 1.165) is 5.56 Å². The van der Waals surface area contributed by atoms with E-state index in [-0.39, 0.29) is 23.2 Å². The standard InChI is InChI=1S/C14H14N4O2/c1-9(2)13-17-12(7-15)14(20-13)18-16-8-10-3-5-11(19)6-4-10/h3-6,8-9,18-19H,1-2H3/b16-8+. The number of hydrazone groups is 1. The summed E-state index contributed by atoms with van der Waals surface area (Å²) in [5.74, 6) is 1.01. The monoisotopic (exact) mass is 270 g/mol. The Hall–Kier alpha value is -2.81. The molecule has 0 aliphatic carbocycles. The van der Waals surface area contributed by atoms with Gasteiger partial charge < -0.3 is 9.52 Å². The smallest absolute Gasteiger partial charge is 0.252 e. The average Bonchev–Trinajstić information content (AvgIpc) is 2.84. The van der Waals surface area contributed by atoms with Crippen LogP contribution >= 0.6 is 0 Å². The third kappa shape index (κ3) is 3.14. The highest BCUT2D eigenvalue weighted by Crippen LogP contribution is 2.21. The Morgan fingerprint density at radius 3 is 2.70 bits per heavy atom. The fourth-order valence-electron chi connectivity index (χ4n) is 1.46. The maximum absolute atomic E-state index is 9.16. The highest BCUT2D eigenvalue weighted by atomic mass is 16.4. The Balaban J connectivity index is 2.10. The highest BCUT2D eigenvalue weighted by molar-refractivity contribution is 5.80. The molecule has 6 nitrogen and oxygen atoms in total. The van der Waals surface area contributed by atoms with E-state index in [1.54, 1.807) is 30.5 Å². The van der Waals surface area contributed by atoms with Crippen molar-refractivity contribution < 1.29 is 9.52 Å². The van der Waals surface area contributed by atoms with E-state index in [4.69, 9.17) is 14.8 Å². The molecule has 0 amide bonds. The Morgan fingerprint density at radius 2 is 2.10 bits per heavy atom. The van der Waals surface area contributed by atoms with Crippen LogP contribution in [-0.2, 0) is 0 Å². The molecule has 1 aromatic carbocycles. The number of nitrogens with zero attached hydrogens (tertiary/aromatic N) is 3. The molecule has 2 N–H and O–H groups in total. The zero-order valence-electron chi connectivity index (χ0n) is 11.2. The van der Waals surface area contributed by atoms with Gasteiger partial charge in [-0.25, -0.2) is 10.4 Å². The molecule has 0 fully saturated rings. The number of phenolic OH excluding ortho intramolecular Hbond substituents is 1. The van der Waals surface area contributed by atoms with Gasteiger partial charge in [0.25, 0.3) is 5.88 Å². The molecule has 20 heavy (non-hydrogen) atoms. The van der Waals surface area contributed by atoms with Gasteiger partial charge in [0.2, 0.25) is 11.6 Å². The van der Waals surface area contributed by atoms with Gasteiger partial charge in [0.05, 0.1) is 6.21 Å². The topological polar surface area (TPSA) is 94.4 Å². The number of phenols is 1. The number of hydrogen-bond acceptors (Lipinski definition) is 6. The summed E-state index contributed by atoms with van der Waals surface area (Å²) in [5, 5.41) is 22.1. The second-order valence-corrected chi connectivity index (χ2v) is 4.46. The van der Waals surface area contributed by atoms with E-state index in [0.29, 0.717) is 5.89 Å². The molecular formula is C14H14N4O2. The number of benzene rings is 1. The molecule has 0 bridgehead atoms. The molecule has 0 saturated heterocycles. The predicted molar refractivity (Wildman–Crippen MR) is 74.6 cm³/mol. The molecule has 0 atom stereocenters. The van der Waals surface area contributed by atoms with Gasteiger partial charge in [0.1, 0.15) is 11.8 Å². The molecule has 0 spiro atoms. The summed E-state index contributed by atoms with van der Waals surface area (Å²) in [7, 11) is 0. The number of aromatic hydroxyl groups is 1. The van der Waals surface area contributed by atoms with Crippen LogP contribution in [0.2, 0.25) is 0 Å². The van der Waals surface area contributed by atoms with Gasteiger partial charge in [-0.3, -0.25) is 0 Å². The van der Waals surface area contributed by atoms with Crippen LogP contribution in [0.5, 0.6) is 5.75 Å². The number of oxazole rings is 1. The van der Waals surface area contributed by atoms with Crippen molar-refractivity contribution in [3.63, 3.8) is 0 Å². The van der Waals surface area contributed by atoms with Crippen molar-refractivity contribution in [2.45, 2.75) is 19.8 Å². The van der Waals surface area contributed by atoms with Crippen molar-refractivity contribution >= 4 is 12.1 Å². The minimum atomic E-state index is 0.0960. The van der Waals surface area contributed by atoms with Gasteiger partial charge in [0.15, 0.2) is 0 Å². The first kappa shape index (κ1) is 13.6. The maximum Gasteiger partial charge on any atom is 0.252 e. The fraction of sp³-hybridized carbons (Fsp3) is 0.214. The van der Waals surface area contributed by atoms with Crippen molar-refractivity contribution in [2.24, 2.45) is 5.10 Å². The first-order valence-electron chi connectivity index (χ1n) is 6.09. The van der Waals surface area contributed by atoms with Gasteiger partial charge in [-0.1, -0.05) is 13.8 Å². The second-order valence-electron chi connectivity index (χ2n) is 4.46. The Kier molecular flexibility index (Phi) is 4.01. The SMILES string of the molecule is CC(C)c1nc(C#N)c(N/N=C/c2ccc(O)cc2)o1. The molecular weight excluding hydrogens is 256 g/mol. The highest BCUT2D eigenvalue weighted by Gasteiger charge is 2.14. The van der Waals surface area contributed by atoms with Crippen LogP contribution < -0.4 is 5.43 Å². The van der Waals surface area contributed by atoms with Gasteiger partial charge in [-0.2, -0.15) is 10.4 Å². The van der Waals surface area contributed by atoms with E-state index in [1.165, 1.54) is 0 Å². The fourth-order valence-corrected chi connectivity index (χ4v) is 1.46. The van der Waals surface area contributed by atoms with Crippen LogP contribution in [0.25, 0.3) is 0 Å². The van der Waals surface area contributed by atoms with E-state index in [2.05, 4.69) is 15.5 Å². The van der Waals surface area contributed by atoms with E-state index in [1.807, 2.05) is 19.9 Å². The normalized spacial score (nSPS) is 10.9. The summed E-state index contributed by atoms with van der Waals surface area (Å²) in [5.41, 5.74) is 3.64. The lowest BCUT2D eigenvalue weighted by molar-refractivity contribution is 0.475. The lowest BCUT2D eigenvalue weighted by atomic mass is 10.2. The zero-order chi connectivity index (χ0) is 14.5. The van der Waals surface area contributed by atoms with Gasteiger partial charge >= 0.3 is 0 Å². The Labute approximate surface area is 116 Å². The summed E-state index contributed by atoms with van der Waals surface area (Å²) >= 11 is 0. The molecule has 0 saturated carbocycles. The van der Waals surface area contributed by atoms with E-state index < -0.39 is 0 Å². The molecule has 1 aromatic heterocycles. The summed E-state index contributed by atoms with van der Waals surface area (Å²) in [6.07, 6.45) is 1.55. The first-order valence-corrected chi connectivity index (χ1v) is 6.09. The molecule has 1 heterocycles. The number of rotatable bonds is 4. The number of aromatic nitrogens is 1. The molecule has 2 rings (SSSR count). The number of nitriles is 1. The number of anilines is 1.